The maximum atomic E-state index is 12.3. The zero-order valence-corrected chi connectivity index (χ0v) is 10.6. The Morgan fingerprint density at radius 3 is 2.53 bits per heavy atom. The van der Waals surface area contributed by atoms with Crippen molar-refractivity contribution >= 4 is 5.91 Å². The fourth-order valence-corrected chi connectivity index (χ4v) is 3.70. The largest absolute Gasteiger partial charge is 0.339 e. The Kier molecular flexibility index (Phi) is 2.40. The van der Waals surface area contributed by atoms with Crippen molar-refractivity contribution in [3.63, 3.8) is 0 Å². The molecule has 3 aliphatic rings. The number of nitrogens with zero attached hydrogens (tertiary/aromatic N) is 2. The number of carbonyl (C=O) groups is 1. The van der Waals surface area contributed by atoms with Crippen LogP contribution in [0.15, 0.2) is 24.3 Å². The van der Waals surface area contributed by atoms with E-state index in [0.29, 0.717) is 11.8 Å². The van der Waals surface area contributed by atoms with Gasteiger partial charge in [-0.25, -0.2) is 0 Å². The summed E-state index contributed by atoms with van der Waals surface area (Å²) in [7, 11) is 4.16. The Morgan fingerprint density at radius 1 is 1.18 bits per heavy atom. The van der Waals surface area contributed by atoms with Crippen LogP contribution in [0, 0.1) is 11.8 Å². The van der Waals surface area contributed by atoms with E-state index in [2.05, 4.69) is 30.2 Å². The van der Waals surface area contributed by atoms with Gasteiger partial charge in [0, 0.05) is 26.1 Å². The number of likely N-dealkylation sites (tertiary alicyclic amines) is 2. The van der Waals surface area contributed by atoms with Gasteiger partial charge < -0.3 is 9.80 Å². The van der Waals surface area contributed by atoms with Crippen LogP contribution in [0.4, 0.5) is 0 Å². The molecular formula is C14H20N2O. The van der Waals surface area contributed by atoms with Crippen molar-refractivity contribution in [2.24, 2.45) is 11.8 Å². The molecule has 0 N–H and O–H groups in total. The summed E-state index contributed by atoms with van der Waals surface area (Å²) >= 11 is 0. The third kappa shape index (κ3) is 1.41. The lowest BCUT2D eigenvalue weighted by atomic mass is 9.72. The van der Waals surface area contributed by atoms with Crippen LogP contribution in [0.3, 0.4) is 0 Å². The first-order chi connectivity index (χ1) is 8.15. The molecule has 3 nitrogen and oxygen atoms in total. The van der Waals surface area contributed by atoms with Crippen molar-refractivity contribution in [3.05, 3.63) is 24.3 Å². The van der Waals surface area contributed by atoms with Crippen LogP contribution >= 0.6 is 0 Å². The Bertz CT molecular complexity index is 391. The Hall–Kier alpha value is -1.09. The van der Waals surface area contributed by atoms with Gasteiger partial charge >= 0.3 is 0 Å². The molecule has 2 saturated heterocycles. The second kappa shape index (κ2) is 3.70. The van der Waals surface area contributed by atoms with E-state index in [1.165, 1.54) is 0 Å². The highest BCUT2D eigenvalue weighted by Crippen LogP contribution is 2.47. The van der Waals surface area contributed by atoms with Crippen molar-refractivity contribution in [3.8, 4) is 0 Å². The molecule has 0 aromatic heterocycles. The number of amides is 1. The lowest BCUT2D eigenvalue weighted by Crippen LogP contribution is -2.53. The molecule has 2 atom stereocenters. The summed E-state index contributed by atoms with van der Waals surface area (Å²) < 4.78 is 0. The Labute approximate surface area is 103 Å². The van der Waals surface area contributed by atoms with Crippen LogP contribution < -0.4 is 0 Å². The van der Waals surface area contributed by atoms with Crippen molar-refractivity contribution in [2.75, 3.05) is 27.2 Å². The number of hydrogen-bond acceptors (Lipinski definition) is 2. The normalized spacial score (nSPS) is 35.6. The molecule has 0 radical (unpaired) electrons. The average Bonchev–Trinajstić information content (AvgIpc) is 2.57. The van der Waals surface area contributed by atoms with Gasteiger partial charge in [-0.05, 0) is 19.9 Å². The molecule has 2 aliphatic heterocycles. The van der Waals surface area contributed by atoms with Crippen molar-refractivity contribution in [1.82, 2.24) is 9.80 Å². The zero-order valence-electron chi connectivity index (χ0n) is 10.6. The van der Waals surface area contributed by atoms with E-state index < -0.39 is 0 Å². The van der Waals surface area contributed by atoms with Crippen LogP contribution in [0.1, 0.15) is 12.8 Å². The number of piperidine rings is 1. The Balaban J connectivity index is 1.96. The lowest BCUT2D eigenvalue weighted by Gasteiger charge is -2.45. The van der Waals surface area contributed by atoms with Crippen LogP contribution in [0.25, 0.3) is 0 Å². The fraction of sp³-hybridized carbons (Fsp3) is 0.643. The fourth-order valence-electron chi connectivity index (χ4n) is 3.70. The number of hydrogen-bond donors (Lipinski definition) is 0. The quantitative estimate of drug-likeness (QED) is 0.628. The molecule has 17 heavy (non-hydrogen) atoms. The topological polar surface area (TPSA) is 23.6 Å². The molecule has 0 bridgehead atoms. The molecule has 3 heteroatoms. The summed E-state index contributed by atoms with van der Waals surface area (Å²) in [6, 6.07) is 0. The second-order valence-corrected chi connectivity index (χ2v) is 5.63. The van der Waals surface area contributed by atoms with Gasteiger partial charge in [-0.3, -0.25) is 4.79 Å². The molecule has 1 amide bonds. The summed E-state index contributed by atoms with van der Waals surface area (Å²) in [6.07, 6.45) is 10.7. The first kappa shape index (κ1) is 11.0. The summed E-state index contributed by atoms with van der Waals surface area (Å²) in [5, 5.41) is 0. The molecule has 2 unspecified atom stereocenters. The van der Waals surface area contributed by atoms with Gasteiger partial charge in [-0.15, -0.1) is 0 Å². The van der Waals surface area contributed by atoms with Gasteiger partial charge in [-0.1, -0.05) is 24.3 Å². The highest BCUT2D eigenvalue weighted by atomic mass is 16.2. The maximum absolute atomic E-state index is 12.3. The SMILES string of the molecule is CN1CCC2(CC1)C1C=CC=CC1C(=O)N2C. The lowest BCUT2D eigenvalue weighted by molar-refractivity contribution is -0.132. The third-order valence-electron chi connectivity index (χ3n) is 4.89. The summed E-state index contributed by atoms with van der Waals surface area (Å²) in [4.78, 5) is 16.7. The van der Waals surface area contributed by atoms with Crippen LogP contribution in [0.5, 0.6) is 0 Å². The molecule has 0 aromatic carbocycles. The molecule has 2 fully saturated rings. The molecule has 1 aliphatic carbocycles. The second-order valence-electron chi connectivity index (χ2n) is 5.63. The highest BCUT2D eigenvalue weighted by molar-refractivity contribution is 5.85. The first-order valence-corrected chi connectivity index (χ1v) is 6.46. The minimum absolute atomic E-state index is 0.0789. The summed E-state index contributed by atoms with van der Waals surface area (Å²) in [6.45, 7) is 2.19. The molecule has 3 rings (SSSR count). The minimum Gasteiger partial charge on any atom is -0.339 e. The van der Waals surface area contributed by atoms with E-state index in [1.54, 1.807) is 0 Å². The number of carbonyl (C=O) groups excluding carboxylic acids is 1. The maximum Gasteiger partial charge on any atom is 0.230 e. The van der Waals surface area contributed by atoms with E-state index in [-0.39, 0.29) is 11.5 Å². The van der Waals surface area contributed by atoms with Crippen molar-refractivity contribution < 1.29 is 4.79 Å². The predicted molar refractivity (Wildman–Crippen MR) is 67.5 cm³/mol. The summed E-state index contributed by atoms with van der Waals surface area (Å²) in [5.41, 5.74) is 0.0789. The van der Waals surface area contributed by atoms with E-state index >= 15 is 0 Å². The molecule has 2 heterocycles. The predicted octanol–water partition coefficient (Wildman–Crippen LogP) is 1.28. The smallest absolute Gasteiger partial charge is 0.230 e. The summed E-state index contributed by atoms with van der Waals surface area (Å²) in [5.74, 6) is 0.784. The minimum atomic E-state index is 0.0789. The van der Waals surface area contributed by atoms with Gasteiger partial charge in [0.05, 0.1) is 11.5 Å². The molecular weight excluding hydrogens is 212 g/mol. The van der Waals surface area contributed by atoms with Gasteiger partial charge in [0.25, 0.3) is 0 Å². The molecule has 0 aromatic rings. The zero-order chi connectivity index (χ0) is 12.0. The monoisotopic (exact) mass is 232 g/mol. The Morgan fingerprint density at radius 2 is 1.82 bits per heavy atom. The van der Waals surface area contributed by atoms with Crippen LogP contribution in [0.2, 0.25) is 0 Å². The number of allylic oxidation sites excluding steroid dienone is 2. The highest BCUT2D eigenvalue weighted by Gasteiger charge is 2.55. The molecule has 0 saturated carbocycles. The number of fused-ring (bicyclic) bond motifs is 2. The van der Waals surface area contributed by atoms with E-state index in [4.69, 9.17) is 0 Å². The van der Waals surface area contributed by atoms with E-state index in [9.17, 15) is 4.79 Å². The van der Waals surface area contributed by atoms with Gasteiger partial charge in [0.15, 0.2) is 0 Å². The van der Waals surface area contributed by atoms with Crippen LogP contribution in [-0.2, 0) is 4.79 Å². The van der Waals surface area contributed by atoms with Crippen molar-refractivity contribution in [2.45, 2.75) is 18.4 Å². The van der Waals surface area contributed by atoms with E-state index in [0.717, 1.165) is 25.9 Å². The van der Waals surface area contributed by atoms with E-state index in [1.807, 2.05) is 18.0 Å². The van der Waals surface area contributed by atoms with Crippen molar-refractivity contribution in [1.29, 1.82) is 0 Å². The third-order valence-corrected chi connectivity index (χ3v) is 4.89. The molecule has 92 valence electrons. The first-order valence-electron chi connectivity index (χ1n) is 6.46. The molecule has 1 spiro atoms. The van der Waals surface area contributed by atoms with Crippen LogP contribution in [-0.4, -0.2) is 48.4 Å². The van der Waals surface area contributed by atoms with Gasteiger partial charge in [-0.2, -0.15) is 0 Å². The standard InChI is InChI=1S/C14H20N2O/c1-15-9-7-14(8-10-15)12-6-4-3-5-11(12)13(17)16(14)2/h3-6,11-12H,7-10H2,1-2H3. The number of rotatable bonds is 0. The van der Waals surface area contributed by atoms with Gasteiger partial charge in [0.1, 0.15) is 0 Å². The van der Waals surface area contributed by atoms with Gasteiger partial charge in [0.2, 0.25) is 5.91 Å². The average molecular weight is 232 g/mol.